The summed E-state index contributed by atoms with van der Waals surface area (Å²) in [4.78, 5) is 0. The molecule has 1 heterocycles. The summed E-state index contributed by atoms with van der Waals surface area (Å²) in [6.07, 6.45) is 9.70. The van der Waals surface area contributed by atoms with Crippen LogP contribution in [0.3, 0.4) is 0 Å². The van der Waals surface area contributed by atoms with E-state index in [-0.39, 0.29) is 0 Å². The summed E-state index contributed by atoms with van der Waals surface area (Å²) < 4.78 is 2.43. The third-order valence-electron chi connectivity index (χ3n) is 8.92. The van der Waals surface area contributed by atoms with Crippen molar-refractivity contribution < 1.29 is 0 Å². The van der Waals surface area contributed by atoms with Gasteiger partial charge in [0.2, 0.25) is 0 Å². The normalized spacial score (nSPS) is 12.5. The van der Waals surface area contributed by atoms with E-state index in [1.807, 2.05) is 32.1 Å². The van der Waals surface area contributed by atoms with Gasteiger partial charge < -0.3 is 10.3 Å². The molecule has 2 N–H and O–H groups in total. The molecule has 222 valence electrons. The van der Waals surface area contributed by atoms with Crippen LogP contribution in [0.2, 0.25) is 0 Å². The molecule has 46 heavy (non-hydrogen) atoms. The summed E-state index contributed by atoms with van der Waals surface area (Å²) in [5, 5.41) is 4.94. The van der Waals surface area contributed by atoms with Gasteiger partial charge in [0.05, 0.1) is 11.0 Å². The summed E-state index contributed by atoms with van der Waals surface area (Å²) >= 11 is 0. The Labute approximate surface area is 270 Å². The second-order valence-electron chi connectivity index (χ2n) is 11.5. The van der Waals surface area contributed by atoms with Crippen LogP contribution in [0.15, 0.2) is 164 Å². The minimum absolute atomic E-state index is 1.01. The first-order valence-corrected chi connectivity index (χ1v) is 15.7. The van der Waals surface area contributed by atoms with E-state index in [1.54, 1.807) is 6.20 Å². The fourth-order valence-electron chi connectivity index (χ4n) is 6.58. The van der Waals surface area contributed by atoms with Crippen LogP contribution >= 0.6 is 0 Å². The van der Waals surface area contributed by atoms with Gasteiger partial charge in [-0.1, -0.05) is 134 Å². The van der Waals surface area contributed by atoms with Crippen LogP contribution in [0.25, 0.3) is 71.7 Å². The van der Waals surface area contributed by atoms with Gasteiger partial charge in [-0.2, -0.15) is 0 Å². The molecule has 0 amide bonds. The van der Waals surface area contributed by atoms with Gasteiger partial charge >= 0.3 is 0 Å². The van der Waals surface area contributed by atoms with Gasteiger partial charge in [0.15, 0.2) is 0 Å². The van der Waals surface area contributed by atoms with E-state index in [4.69, 9.17) is 5.73 Å². The van der Waals surface area contributed by atoms with Gasteiger partial charge in [0.25, 0.3) is 0 Å². The van der Waals surface area contributed by atoms with Gasteiger partial charge in [-0.05, 0) is 88.0 Å². The monoisotopic (exact) mass is 592 g/mol. The third kappa shape index (κ3) is 5.04. The highest BCUT2D eigenvalue weighted by Gasteiger charge is 2.16. The lowest BCUT2D eigenvalue weighted by molar-refractivity contribution is 1.19. The summed E-state index contributed by atoms with van der Waals surface area (Å²) in [5.74, 6) is 0. The number of fused-ring (bicyclic) bond motifs is 5. The van der Waals surface area contributed by atoms with E-state index in [9.17, 15) is 0 Å². The Morgan fingerprint density at radius 2 is 1.20 bits per heavy atom. The van der Waals surface area contributed by atoms with Crippen LogP contribution < -0.4 is 5.73 Å². The number of aromatic nitrogens is 1. The molecule has 2 nitrogen and oxygen atoms in total. The third-order valence-corrected chi connectivity index (χ3v) is 8.92. The maximum Gasteiger partial charge on any atom is 0.0619 e. The van der Waals surface area contributed by atoms with E-state index < -0.39 is 0 Å². The smallest absolute Gasteiger partial charge is 0.0619 e. The second-order valence-corrected chi connectivity index (χ2v) is 11.5. The lowest BCUT2D eigenvalue weighted by Crippen LogP contribution is -1.94. The Kier molecular flexibility index (Phi) is 7.70. The van der Waals surface area contributed by atoms with Crippen LogP contribution in [0.1, 0.15) is 25.0 Å². The molecular weight excluding hydrogens is 556 g/mol. The number of rotatable bonds is 7. The number of hydrogen-bond acceptors (Lipinski definition) is 1. The zero-order valence-corrected chi connectivity index (χ0v) is 26.2. The van der Waals surface area contributed by atoms with E-state index in [2.05, 4.69) is 145 Å². The zero-order chi connectivity index (χ0) is 31.6. The van der Waals surface area contributed by atoms with Crippen LogP contribution in [0.4, 0.5) is 0 Å². The maximum absolute atomic E-state index is 5.89. The maximum atomic E-state index is 5.89. The van der Waals surface area contributed by atoms with Gasteiger partial charge in [0.1, 0.15) is 0 Å². The van der Waals surface area contributed by atoms with E-state index in [1.165, 1.54) is 60.4 Å². The predicted molar refractivity (Wildman–Crippen MR) is 200 cm³/mol. The Balaban J connectivity index is 1.39. The molecule has 0 spiro atoms. The van der Waals surface area contributed by atoms with Crippen LogP contribution in [-0.2, 0) is 0 Å². The van der Waals surface area contributed by atoms with Crippen LogP contribution in [0, 0.1) is 0 Å². The molecule has 7 aromatic rings. The van der Waals surface area contributed by atoms with Crippen molar-refractivity contribution in [3.05, 3.63) is 176 Å². The summed E-state index contributed by atoms with van der Waals surface area (Å²) in [5.41, 5.74) is 18.6. The van der Waals surface area contributed by atoms with E-state index in [0.29, 0.717) is 0 Å². The van der Waals surface area contributed by atoms with Crippen molar-refractivity contribution in [1.82, 2.24) is 4.57 Å². The highest BCUT2D eigenvalue weighted by atomic mass is 15.0. The number of benzene rings is 6. The Hall–Kier alpha value is -5.86. The number of hydrogen-bond donors (Lipinski definition) is 1. The van der Waals surface area contributed by atoms with E-state index >= 15 is 0 Å². The SMILES string of the molecule is C=C/C(=C\C)c1ccc(-c2ccc3c(ccc4c5ccc(-c6ccc(C(/C=C\C)=C/N)cc6)cc5n(-c5ccccc5)c34)c2)cc1. The molecule has 0 radical (unpaired) electrons. The first-order valence-electron chi connectivity index (χ1n) is 15.7. The van der Waals surface area contributed by atoms with Gasteiger partial charge in [0, 0.05) is 28.0 Å². The molecule has 0 fully saturated rings. The van der Waals surface area contributed by atoms with Crippen molar-refractivity contribution in [1.29, 1.82) is 0 Å². The molecule has 0 saturated heterocycles. The van der Waals surface area contributed by atoms with Crippen LogP contribution in [0.5, 0.6) is 0 Å². The molecule has 1 aromatic heterocycles. The Morgan fingerprint density at radius 1 is 0.609 bits per heavy atom. The average Bonchev–Trinajstić information content (AvgIpc) is 3.46. The second kappa shape index (κ2) is 12.3. The van der Waals surface area contributed by atoms with Crippen molar-refractivity contribution in [2.45, 2.75) is 13.8 Å². The average molecular weight is 593 g/mol. The zero-order valence-electron chi connectivity index (χ0n) is 26.2. The quantitative estimate of drug-likeness (QED) is 0.183. The summed E-state index contributed by atoms with van der Waals surface area (Å²) in [6.45, 7) is 8.00. The fourth-order valence-corrected chi connectivity index (χ4v) is 6.58. The molecule has 0 aliphatic rings. The topological polar surface area (TPSA) is 30.9 Å². The van der Waals surface area contributed by atoms with E-state index in [0.717, 1.165) is 22.4 Å². The predicted octanol–water partition coefficient (Wildman–Crippen LogP) is 11.7. The van der Waals surface area contributed by atoms with Gasteiger partial charge in [-0.25, -0.2) is 0 Å². The van der Waals surface area contributed by atoms with Crippen molar-refractivity contribution in [2.75, 3.05) is 0 Å². The fraction of sp³-hybridized carbons (Fsp3) is 0.0455. The Bertz CT molecular complexity index is 2310. The molecule has 2 heteroatoms. The number of nitrogens with two attached hydrogens (primary N) is 1. The van der Waals surface area contributed by atoms with Gasteiger partial charge in [-0.3, -0.25) is 0 Å². The number of allylic oxidation sites excluding steroid dienone is 6. The highest BCUT2D eigenvalue weighted by molar-refractivity contribution is 6.19. The molecular formula is C44H36N2. The first kappa shape index (κ1) is 28.9. The van der Waals surface area contributed by atoms with Crippen molar-refractivity contribution in [2.24, 2.45) is 5.73 Å². The number of para-hydroxylation sites is 1. The lowest BCUT2D eigenvalue weighted by atomic mass is 9.97. The molecule has 0 unspecified atom stereocenters. The molecule has 0 aliphatic carbocycles. The molecule has 7 rings (SSSR count). The Morgan fingerprint density at radius 3 is 1.80 bits per heavy atom. The minimum atomic E-state index is 1.01. The standard InChI is InChI=1S/C44H36N2/c1-4-10-38(29-45)34-19-17-33(18-20-34)36-22-25-41-42-26-23-37-27-35(32-15-13-31(14-16-32)30(5-2)6-3)21-24-40(37)44(42)46(43(41)28-36)39-11-8-7-9-12-39/h4-29H,2,45H2,1,3H3/b10-4-,30-6+,38-29+. The number of nitrogens with zero attached hydrogens (tertiary/aromatic N) is 1. The largest absolute Gasteiger partial charge is 0.404 e. The minimum Gasteiger partial charge on any atom is -0.404 e. The van der Waals surface area contributed by atoms with Crippen LogP contribution in [-0.4, -0.2) is 4.57 Å². The van der Waals surface area contributed by atoms with Crippen molar-refractivity contribution in [3.8, 4) is 27.9 Å². The van der Waals surface area contributed by atoms with Crippen molar-refractivity contribution >= 4 is 43.7 Å². The molecule has 0 bridgehead atoms. The molecule has 0 aliphatic heterocycles. The summed E-state index contributed by atoms with van der Waals surface area (Å²) in [7, 11) is 0. The highest BCUT2D eigenvalue weighted by Crippen LogP contribution is 2.39. The van der Waals surface area contributed by atoms with Crippen molar-refractivity contribution in [3.63, 3.8) is 0 Å². The van der Waals surface area contributed by atoms with Gasteiger partial charge in [-0.15, -0.1) is 0 Å². The summed E-state index contributed by atoms with van der Waals surface area (Å²) in [6, 6.07) is 46.3. The molecule has 6 aromatic carbocycles. The molecule has 0 atom stereocenters. The first-order chi connectivity index (χ1) is 22.6. The molecule has 0 saturated carbocycles. The lowest BCUT2D eigenvalue weighted by Gasteiger charge is -2.12.